The van der Waals surface area contributed by atoms with Gasteiger partial charge in [-0.2, -0.15) is 5.26 Å². The van der Waals surface area contributed by atoms with E-state index in [1.807, 2.05) is 6.19 Å². The molecular formula is C12H16N4O3S. The number of rotatable bonds is 4. The van der Waals surface area contributed by atoms with Gasteiger partial charge in [-0.15, -0.1) is 0 Å². The van der Waals surface area contributed by atoms with Gasteiger partial charge in [0.15, 0.2) is 6.19 Å². The number of nitrogen functional groups attached to an aromatic ring is 1. The molecule has 8 heteroatoms. The predicted molar refractivity (Wildman–Crippen MR) is 73.3 cm³/mol. The van der Waals surface area contributed by atoms with Crippen LogP contribution in [0.15, 0.2) is 23.1 Å². The van der Waals surface area contributed by atoms with Crippen molar-refractivity contribution in [2.24, 2.45) is 0 Å². The fraction of sp³-hybridized carbons (Fsp3) is 0.417. The summed E-state index contributed by atoms with van der Waals surface area (Å²) >= 11 is 0. The molecule has 1 saturated heterocycles. The fourth-order valence-corrected chi connectivity index (χ4v) is 3.60. The molecule has 2 rings (SSSR count). The van der Waals surface area contributed by atoms with Crippen molar-refractivity contribution in [3.63, 3.8) is 0 Å². The number of nitrogens with one attached hydrogen (secondary N) is 1. The van der Waals surface area contributed by atoms with E-state index in [4.69, 9.17) is 15.7 Å². The van der Waals surface area contributed by atoms with Crippen LogP contribution in [-0.2, 0) is 10.0 Å². The second-order valence-corrected chi connectivity index (χ2v) is 6.25. The molecular weight excluding hydrogens is 280 g/mol. The van der Waals surface area contributed by atoms with Crippen LogP contribution in [-0.4, -0.2) is 39.6 Å². The highest BCUT2D eigenvalue weighted by Crippen LogP contribution is 2.26. The lowest BCUT2D eigenvalue weighted by molar-refractivity contribution is 0.402. The van der Waals surface area contributed by atoms with Gasteiger partial charge in [0.25, 0.3) is 0 Å². The number of anilines is 1. The van der Waals surface area contributed by atoms with Crippen LogP contribution in [0.2, 0.25) is 0 Å². The highest BCUT2D eigenvalue weighted by molar-refractivity contribution is 7.89. The van der Waals surface area contributed by atoms with Crippen molar-refractivity contribution >= 4 is 15.7 Å². The molecule has 0 bridgehead atoms. The number of ether oxygens (including phenoxy) is 1. The highest BCUT2D eigenvalue weighted by atomic mass is 32.2. The first kappa shape index (κ1) is 14.4. The fourth-order valence-electron chi connectivity index (χ4n) is 2.13. The molecule has 1 fully saturated rings. The Morgan fingerprint density at radius 3 is 2.90 bits per heavy atom. The summed E-state index contributed by atoms with van der Waals surface area (Å²) in [7, 11) is -2.33. The molecule has 1 aromatic rings. The van der Waals surface area contributed by atoms with Crippen LogP contribution in [0.1, 0.15) is 6.42 Å². The van der Waals surface area contributed by atoms with Gasteiger partial charge in [0.2, 0.25) is 10.0 Å². The van der Waals surface area contributed by atoms with E-state index in [1.165, 1.54) is 24.1 Å². The summed E-state index contributed by atoms with van der Waals surface area (Å²) in [6, 6.07) is 4.16. The Morgan fingerprint density at radius 1 is 1.55 bits per heavy atom. The van der Waals surface area contributed by atoms with Crippen LogP contribution in [0.4, 0.5) is 5.69 Å². The van der Waals surface area contributed by atoms with Crippen LogP contribution in [0.25, 0.3) is 0 Å². The van der Waals surface area contributed by atoms with Crippen molar-refractivity contribution in [2.45, 2.75) is 17.4 Å². The van der Waals surface area contributed by atoms with E-state index in [0.29, 0.717) is 25.2 Å². The highest BCUT2D eigenvalue weighted by Gasteiger charge is 2.28. The zero-order chi connectivity index (χ0) is 14.8. The van der Waals surface area contributed by atoms with Crippen molar-refractivity contribution in [1.82, 2.24) is 9.62 Å². The third-order valence-corrected chi connectivity index (χ3v) is 4.67. The lowest BCUT2D eigenvalue weighted by atomic mass is 10.3. The Kier molecular flexibility index (Phi) is 4.01. The van der Waals surface area contributed by atoms with E-state index in [-0.39, 0.29) is 16.7 Å². The molecule has 3 N–H and O–H groups in total. The minimum absolute atomic E-state index is 0.00964. The third kappa shape index (κ3) is 2.95. The molecule has 0 amide bonds. The van der Waals surface area contributed by atoms with Crippen molar-refractivity contribution in [3.05, 3.63) is 18.2 Å². The maximum atomic E-state index is 12.4. The van der Waals surface area contributed by atoms with Gasteiger partial charge in [-0.3, -0.25) is 0 Å². The number of likely N-dealkylation sites (tertiary alicyclic amines) is 1. The summed E-state index contributed by atoms with van der Waals surface area (Å²) in [5.41, 5.74) is 5.98. The van der Waals surface area contributed by atoms with Gasteiger partial charge < -0.3 is 15.4 Å². The van der Waals surface area contributed by atoms with Gasteiger partial charge in [-0.1, -0.05) is 0 Å². The molecule has 1 aliphatic rings. The first-order chi connectivity index (χ1) is 9.46. The molecule has 20 heavy (non-hydrogen) atoms. The molecule has 0 saturated carbocycles. The van der Waals surface area contributed by atoms with E-state index >= 15 is 0 Å². The zero-order valence-corrected chi connectivity index (χ0v) is 11.9. The summed E-state index contributed by atoms with van der Waals surface area (Å²) in [5, 5.41) is 8.78. The molecule has 0 unspecified atom stereocenters. The summed E-state index contributed by atoms with van der Waals surface area (Å²) in [4.78, 5) is 1.53. The predicted octanol–water partition coefficient (Wildman–Crippen LogP) is 0.111. The maximum Gasteiger partial charge on any atom is 0.244 e. The van der Waals surface area contributed by atoms with Gasteiger partial charge in [-0.25, -0.2) is 13.1 Å². The molecule has 0 spiro atoms. The van der Waals surface area contributed by atoms with Crippen LogP contribution in [0.5, 0.6) is 5.75 Å². The Bertz CT molecular complexity index is 639. The van der Waals surface area contributed by atoms with Crippen LogP contribution in [0.3, 0.4) is 0 Å². The Labute approximate surface area is 118 Å². The number of hydrogen-bond acceptors (Lipinski definition) is 6. The van der Waals surface area contributed by atoms with Crippen molar-refractivity contribution in [1.29, 1.82) is 5.26 Å². The minimum Gasteiger partial charge on any atom is -0.495 e. The molecule has 1 heterocycles. The molecule has 1 aromatic carbocycles. The van der Waals surface area contributed by atoms with E-state index in [2.05, 4.69) is 4.72 Å². The molecule has 7 nitrogen and oxygen atoms in total. The van der Waals surface area contributed by atoms with Gasteiger partial charge in [0.05, 0.1) is 7.11 Å². The van der Waals surface area contributed by atoms with Crippen LogP contribution in [0, 0.1) is 11.5 Å². The summed E-state index contributed by atoms with van der Waals surface area (Å²) in [6.07, 6.45) is 2.60. The molecule has 0 radical (unpaired) electrons. The Balaban J connectivity index is 2.23. The molecule has 0 aliphatic carbocycles. The van der Waals surface area contributed by atoms with Crippen LogP contribution >= 0.6 is 0 Å². The average Bonchev–Trinajstić information content (AvgIpc) is 2.85. The lowest BCUT2D eigenvalue weighted by Gasteiger charge is -2.15. The zero-order valence-electron chi connectivity index (χ0n) is 11.0. The number of sulfonamides is 1. The quantitative estimate of drug-likeness (QED) is 0.603. The Hall–Kier alpha value is -1.98. The van der Waals surface area contributed by atoms with E-state index in [9.17, 15) is 8.42 Å². The van der Waals surface area contributed by atoms with Gasteiger partial charge in [0, 0.05) is 24.8 Å². The monoisotopic (exact) mass is 296 g/mol. The Morgan fingerprint density at radius 2 is 2.30 bits per heavy atom. The average molecular weight is 296 g/mol. The largest absolute Gasteiger partial charge is 0.495 e. The SMILES string of the molecule is COc1ccc(N)cc1S(=O)(=O)N[C@@H]1CCN(C#N)C1. The topological polar surface area (TPSA) is 108 Å². The first-order valence-electron chi connectivity index (χ1n) is 6.07. The normalized spacial score (nSPS) is 18.8. The standard InChI is InChI=1S/C12H16N4O3S/c1-19-11-3-2-9(14)6-12(11)20(17,18)15-10-4-5-16(7-10)8-13/h2-3,6,10,15H,4-5,7,14H2,1H3/t10-/m1/s1. The number of nitriles is 1. The van der Waals surface area contributed by atoms with Gasteiger partial charge in [0.1, 0.15) is 10.6 Å². The van der Waals surface area contributed by atoms with Crippen molar-refractivity contribution in [2.75, 3.05) is 25.9 Å². The van der Waals surface area contributed by atoms with E-state index in [0.717, 1.165) is 0 Å². The van der Waals surface area contributed by atoms with Crippen molar-refractivity contribution < 1.29 is 13.2 Å². The lowest BCUT2D eigenvalue weighted by Crippen LogP contribution is -2.36. The number of hydrogen-bond donors (Lipinski definition) is 2. The smallest absolute Gasteiger partial charge is 0.244 e. The third-order valence-electron chi connectivity index (χ3n) is 3.13. The van der Waals surface area contributed by atoms with E-state index in [1.54, 1.807) is 6.07 Å². The summed E-state index contributed by atoms with van der Waals surface area (Å²) in [5.74, 6) is 0.238. The second kappa shape index (κ2) is 5.56. The van der Waals surface area contributed by atoms with Gasteiger partial charge >= 0.3 is 0 Å². The number of methoxy groups -OCH3 is 1. The van der Waals surface area contributed by atoms with Crippen LogP contribution < -0.4 is 15.2 Å². The van der Waals surface area contributed by atoms with Gasteiger partial charge in [-0.05, 0) is 24.6 Å². The molecule has 1 atom stereocenters. The minimum atomic E-state index is -3.73. The first-order valence-corrected chi connectivity index (χ1v) is 7.55. The summed E-state index contributed by atoms with van der Waals surface area (Å²) in [6.45, 7) is 0.929. The number of nitrogens with two attached hydrogens (primary N) is 1. The summed E-state index contributed by atoms with van der Waals surface area (Å²) < 4.78 is 32.4. The molecule has 108 valence electrons. The number of nitrogens with zero attached hydrogens (tertiary/aromatic N) is 2. The van der Waals surface area contributed by atoms with E-state index < -0.39 is 10.0 Å². The maximum absolute atomic E-state index is 12.4. The van der Waals surface area contributed by atoms with Crippen molar-refractivity contribution in [3.8, 4) is 11.9 Å². The molecule has 1 aliphatic heterocycles. The number of benzene rings is 1. The molecule has 0 aromatic heterocycles. The second-order valence-electron chi connectivity index (χ2n) is 4.56.